The number of nitrogens with one attached hydrogen (secondary N) is 1. The van der Waals surface area contributed by atoms with Crippen LogP contribution in [-0.2, 0) is 6.42 Å². The molecule has 0 saturated carbocycles. The molecule has 11 heteroatoms. The van der Waals surface area contributed by atoms with Gasteiger partial charge in [-0.1, -0.05) is 30.7 Å². The molecule has 0 unspecified atom stereocenters. The molecule has 0 aliphatic rings. The summed E-state index contributed by atoms with van der Waals surface area (Å²) in [5.41, 5.74) is 9.68. The monoisotopic (exact) mass is 370 g/mol. The van der Waals surface area contributed by atoms with Gasteiger partial charge in [-0.15, -0.1) is 5.10 Å². The Morgan fingerprint density at radius 2 is 2.15 bits per heavy atom. The quantitative estimate of drug-likeness (QED) is 0.429. The first-order valence-electron chi connectivity index (χ1n) is 8.18. The number of phenols is 1. The molecule has 4 N–H and O–H groups in total. The Balaban J connectivity index is 1.87. The molecule has 3 aromatic rings. The van der Waals surface area contributed by atoms with Gasteiger partial charge in [0.2, 0.25) is 11.6 Å². The van der Waals surface area contributed by atoms with Gasteiger partial charge in [0.1, 0.15) is 5.75 Å². The SMILES string of the molecule is CCCc1c(C(=O)NN=C(C)c2ccccc2O)nnn1-c1nonc1N. The van der Waals surface area contributed by atoms with Crippen molar-refractivity contribution < 1.29 is 14.5 Å². The average Bonchev–Trinajstić information content (AvgIpc) is 3.26. The number of anilines is 1. The predicted molar refractivity (Wildman–Crippen MR) is 95.4 cm³/mol. The largest absolute Gasteiger partial charge is 0.507 e. The summed E-state index contributed by atoms with van der Waals surface area (Å²) in [5, 5.41) is 28.9. The highest BCUT2D eigenvalue weighted by Crippen LogP contribution is 2.18. The lowest BCUT2D eigenvalue weighted by Gasteiger charge is -2.05. The molecule has 0 bridgehead atoms. The minimum atomic E-state index is -0.547. The second-order valence-electron chi connectivity index (χ2n) is 5.67. The Morgan fingerprint density at radius 1 is 1.37 bits per heavy atom. The number of nitrogens with two attached hydrogens (primary N) is 1. The van der Waals surface area contributed by atoms with Crippen molar-refractivity contribution in [1.29, 1.82) is 0 Å². The van der Waals surface area contributed by atoms with Crippen LogP contribution in [0.5, 0.6) is 5.75 Å². The van der Waals surface area contributed by atoms with E-state index < -0.39 is 5.91 Å². The molecule has 0 aliphatic heterocycles. The summed E-state index contributed by atoms with van der Waals surface area (Å²) in [6.45, 7) is 3.62. The van der Waals surface area contributed by atoms with E-state index in [1.54, 1.807) is 25.1 Å². The van der Waals surface area contributed by atoms with Crippen molar-refractivity contribution in [2.45, 2.75) is 26.7 Å². The number of aromatic hydroxyl groups is 1. The topological polar surface area (TPSA) is 157 Å². The number of amides is 1. The summed E-state index contributed by atoms with van der Waals surface area (Å²) < 4.78 is 5.91. The summed E-state index contributed by atoms with van der Waals surface area (Å²) >= 11 is 0. The number of hydrogen-bond acceptors (Lipinski definition) is 9. The van der Waals surface area contributed by atoms with E-state index in [0.29, 0.717) is 23.4 Å². The molecule has 1 aromatic carbocycles. The number of hydrogen-bond donors (Lipinski definition) is 3. The van der Waals surface area contributed by atoms with Crippen LogP contribution in [0.2, 0.25) is 0 Å². The third-order valence-electron chi connectivity index (χ3n) is 3.78. The Morgan fingerprint density at radius 3 is 2.81 bits per heavy atom. The number of carbonyl (C=O) groups excluding carboxylic acids is 1. The van der Waals surface area contributed by atoms with E-state index in [9.17, 15) is 9.90 Å². The van der Waals surface area contributed by atoms with Crippen LogP contribution >= 0.6 is 0 Å². The molecular weight excluding hydrogens is 352 g/mol. The highest BCUT2D eigenvalue weighted by atomic mass is 16.6. The van der Waals surface area contributed by atoms with Gasteiger partial charge in [0.25, 0.3) is 5.91 Å². The van der Waals surface area contributed by atoms with E-state index in [4.69, 9.17) is 5.73 Å². The number of aromatic nitrogens is 5. The van der Waals surface area contributed by atoms with Gasteiger partial charge in [-0.25, -0.2) is 10.1 Å². The molecular formula is C16H18N8O3. The van der Waals surface area contributed by atoms with E-state index in [-0.39, 0.29) is 23.1 Å². The fourth-order valence-electron chi connectivity index (χ4n) is 2.47. The van der Waals surface area contributed by atoms with Gasteiger partial charge >= 0.3 is 0 Å². The lowest BCUT2D eigenvalue weighted by atomic mass is 10.1. The Hall–Kier alpha value is -3.76. The maximum atomic E-state index is 12.5. The molecule has 1 amide bonds. The van der Waals surface area contributed by atoms with Crippen molar-refractivity contribution in [3.8, 4) is 11.6 Å². The molecule has 0 aliphatic carbocycles. The van der Waals surface area contributed by atoms with E-state index in [2.05, 4.69) is 35.8 Å². The van der Waals surface area contributed by atoms with Crippen LogP contribution in [0, 0.1) is 0 Å². The smallest absolute Gasteiger partial charge is 0.293 e. The van der Waals surface area contributed by atoms with Gasteiger partial charge < -0.3 is 10.8 Å². The summed E-state index contributed by atoms with van der Waals surface area (Å²) in [7, 11) is 0. The number of rotatable bonds is 6. The summed E-state index contributed by atoms with van der Waals surface area (Å²) in [4.78, 5) is 12.5. The second kappa shape index (κ2) is 7.64. The second-order valence-corrected chi connectivity index (χ2v) is 5.67. The number of nitrogens with zero attached hydrogens (tertiary/aromatic N) is 6. The van der Waals surface area contributed by atoms with Gasteiger partial charge in [0.15, 0.2) is 5.69 Å². The third-order valence-corrected chi connectivity index (χ3v) is 3.78. The van der Waals surface area contributed by atoms with Crippen LogP contribution in [0.3, 0.4) is 0 Å². The van der Waals surface area contributed by atoms with Crippen molar-refractivity contribution >= 4 is 17.4 Å². The molecule has 0 radical (unpaired) electrons. The van der Waals surface area contributed by atoms with Crippen molar-refractivity contribution in [3.63, 3.8) is 0 Å². The Labute approximate surface area is 153 Å². The molecule has 2 aromatic heterocycles. The highest BCUT2D eigenvalue weighted by molar-refractivity contribution is 6.02. The Kier molecular flexibility index (Phi) is 5.11. The minimum absolute atomic E-state index is 0.0395. The van der Waals surface area contributed by atoms with E-state index >= 15 is 0 Å². The number of hydrazone groups is 1. The maximum Gasteiger partial charge on any atom is 0.293 e. The first-order chi connectivity index (χ1) is 13.0. The fraction of sp³-hybridized carbons (Fsp3) is 0.250. The van der Waals surface area contributed by atoms with Gasteiger partial charge in [-0.3, -0.25) is 4.79 Å². The number of para-hydroxylation sites is 1. The number of phenolic OH excluding ortho intramolecular Hbond substituents is 1. The molecule has 27 heavy (non-hydrogen) atoms. The van der Waals surface area contributed by atoms with Crippen molar-refractivity contribution in [3.05, 3.63) is 41.2 Å². The average molecular weight is 370 g/mol. The van der Waals surface area contributed by atoms with Gasteiger partial charge in [0.05, 0.1) is 11.4 Å². The van der Waals surface area contributed by atoms with Crippen LogP contribution in [-0.4, -0.2) is 42.0 Å². The zero-order chi connectivity index (χ0) is 19.4. The number of benzene rings is 1. The molecule has 2 heterocycles. The molecule has 11 nitrogen and oxygen atoms in total. The summed E-state index contributed by atoms with van der Waals surface area (Å²) in [6, 6.07) is 6.69. The first-order valence-corrected chi connectivity index (χ1v) is 8.18. The van der Waals surface area contributed by atoms with E-state index in [1.807, 2.05) is 6.92 Å². The van der Waals surface area contributed by atoms with Crippen molar-refractivity contribution in [2.75, 3.05) is 5.73 Å². The normalized spacial score (nSPS) is 11.6. The first kappa shape index (κ1) is 18.0. The minimum Gasteiger partial charge on any atom is -0.507 e. The predicted octanol–water partition coefficient (Wildman–Crippen LogP) is 1.04. The molecule has 0 atom stereocenters. The molecule has 0 fully saturated rings. The van der Waals surface area contributed by atoms with Gasteiger partial charge in [0, 0.05) is 5.56 Å². The zero-order valence-corrected chi connectivity index (χ0v) is 14.7. The number of carbonyl (C=O) groups is 1. The summed E-state index contributed by atoms with van der Waals surface area (Å²) in [5.74, 6) is -0.273. The van der Waals surface area contributed by atoms with Gasteiger partial charge in [-0.05, 0) is 35.8 Å². The lowest BCUT2D eigenvalue weighted by Crippen LogP contribution is -2.21. The van der Waals surface area contributed by atoms with Crippen LogP contribution < -0.4 is 11.2 Å². The third kappa shape index (κ3) is 3.61. The maximum absolute atomic E-state index is 12.5. The molecule has 0 spiro atoms. The highest BCUT2D eigenvalue weighted by Gasteiger charge is 2.23. The summed E-state index contributed by atoms with van der Waals surface area (Å²) in [6.07, 6.45) is 1.24. The fourth-order valence-corrected chi connectivity index (χ4v) is 2.47. The van der Waals surface area contributed by atoms with Crippen molar-refractivity contribution in [2.24, 2.45) is 5.10 Å². The van der Waals surface area contributed by atoms with E-state index in [1.165, 1.54) is 10.7 Å². The molecule has 3 rings (SSSR count). The molecule has 140 valence electrons. The molecule has 0 saturated heterocycles. The lowest BCUT2D eigenvalue weighted by molar-refractivity contribution is 0.0948. The van der Waals surface area contributed by atoms with Gasteiger partial charge in [-0.2, -0.15) is 9.78 Å². The number of nitrogen functional groups attached to an aromatic ring is 1. The zero-order valence-electron chi connectivity index (χ0n) is 14.7. The van der Waals surface area contributed by atoms with Crippen molar-refractivity contribution in [1.82, 2.24) is 30.7 Å². The Bertz CT molecular complexity index is 991. The van der Waals surface area contributed by atoms with Crippen LogP contribution in [0.25, 0.3) is 5.82 Å². The van der Waals surface area contributed by atoms with E-state index in [0.717, 1.165) is 6.42 Å². The van der Waals surface area contributed by atoms with Crippen LogP contribution in [0.1, 0.15) is 42.0 Å². The van der Waals surface area contributed by atoms with Crippen LogP contribution in [0.15, 0.2) is 34.0 Å². The van der Waals surface area contributed by atoms with Crippen LogP contribution in [0.4, 0.5) is 5.82 Å². The standard InChI is InChI=1S/C16H18N8O3/c1-3-6-11-13(19-23-24(11)15-14(17)21-27-22-15)16(26)20-18-9(2)10-7-4-5-8-12(10)25/h4-5,7-8,25H,3,6H2,1-2H3,(H2,17,21)(H,20,26).